The minimum absolute atomic E-state index is 0.0650. The molecule has 0 atom stereocenters. The number of benzene rings is 1. The van der Waals surface area contributed by atoms with Crippen LogP contribution < -0.4 is 0 Å². The highest BCUT2D eigenvalue weighted by Gasteiger charge is 2.11. The lowest BCUT2D eigenvalue weighted by atomic mass is 10.0. The number of esters is 1. The van der Waals surface area contributed by atoms with Crippen LogP contribution in [-0.4, -0.2) is 13.1 Å². The number of alkyl halides is 1. The number of halogens is 1. The van der Waals surface area contributed by atoms with Gasteiger partial charge in [0.05, 0.1) is 25.2 Å². The summed E-state index contributed by atoms with van der Waals surface area (Å²) in [5.74, 6) is -0.102. The molecule has 0 fully saturated rings. The lowest BCUT2D eigenvalue weighted by Crippen LogP contribution is -2.06. The first-order valence-corrected chi connectivity index (χ1v) is 5.48. The normalized spacial score (nSPS) is 9.62. The Morgan fingerprint density at radius 3 is 2.75 bits per heavy atom. The molecule has 0 unspecified atom stereocenters. The third kappa shape index (κ3) is 2.91. The van der Waals surface area contributed by atoms with Gasteiger partial charge in [-0.3, -0.25) is 4.79 Å². The number of ether oxygens (including phenoxy) is 1. The van der Waals surface area contributed by atoms with Crippen molar-refractivity contribution in [2.24, 2.45) is 0 Å². The molecule has 0 saturated heterocycles. The SMILES string of the molecule is COC(=O)Cc1cc(S)c(CCl)cc1C#N. The Morgan fingerprint density at radius 1 is 1.56 bits per heavy atom. The van der Waals surface area contributed by atoms with Crippen LogP contribution in [0.25, 0.3) is 0 Å². The number of rotatable bonds is 3. The fourth-order valence-corrected chi connectivity index (χ4v) is 1.88. The van der Waals surface area contributed by atoms with Gasteiger partial charge in [0, 0.05) is 10.8 Å². The van der Waals surface area contributed by atoms with E-state index in [-0.39, 0.29) is 18.3 Å². The van der Waals surface area contributed by atoms with Gasteiger partial charge in [0.1, 0.15) is 0 Å². The molecule has 0 heterocycles. The highest BCUT2D eigenvalue weighted by Crippen LogP contribution is 2.22. The van der Waals surface area contributed by atoms with Crippen LogP contribution in [-0.2, 0) is 21.8 Å². The number of nitriles is 1. The van der Waals surface area contributed by atoms with Crippen molar-refractivity contribution in [2.45, 2.75) is 17.2 Å². The van der Waals surface area contributed by atoms with Gasteiger partial charge in [-0.05, 0) is 23.3 Å². The van der Waals surface area contributed by atoms with E-state index in [1.807, 2.05) is 6.07 Å². The number of carbonyl (C=O) groups is 1. The molecule has 84 valence electrons. The van der Waals surface area contributed by atoms with Gasteiger partial charge >= 0.3 is 5.97 Å². The molecule has 3 nitrogen and oxygen atoms in total. The maximum absolute atomic E-state index is 11.1. The monoisotopic (exact) mass is 255 g/mol. The van der Waals surface area contributed by atoms with E-state index in [0.29, 0.717) is 16.0 Å². The first kappa shape index (κ1) is 12.9. The van der Waals surface area contributed by atoms with Crippen molar-refractivity contribution in [3.8, 4) is 6.07 Å². The Hall–Kier alpha value is -1.18. The van der Waals surface area contributed by atoms with E-state index >= 15 is 0 Å². The zero-order valence-electron chi connectivity index (χ0n) is 8.66. The molecule has 0 aromatic heterocycles. The second-order valence-electron chi connectivity index (χ2n) is 3.14. The molecule has 1 aromatic carbocycles. The van der Waals surface area contributed by atoms with Crippen LogP contribution >= 0.6 is 24.2 Å². The van der Waals surface area contributed by atoms with Gasteiger partial charge < -0.3 is 4.74 Å². The number of hydrogen-bond donors (Lipinski definition) is 1. The van der Waals surface area contributed by atoms with Crippen LogP contribution in [0.4, 0.5) is 0 Å². The minimum atomic E-state index is -0.386. The van der Waals surface area contributed by atoms with Crippen LogP contribution in [0.15, 0.2) is 17.0 Å². The molecule has 0 N–H and O–H groups in total. The van der Waals surface area contributed by atoms with E-state index in [1.54, 1.807) is 12.1 Å². The number of thiol groups is 1. The molecule has 1 aromatic rings. The Labute approximate surface area is 104 Å². The fourth-order valence-electron chi connectivity index (χ4n) is 1.26. The van der Waals surface area contributed by atoms with E-state index in [0.717, 1.165) is 5.56 Å². The van der Waals surface area contributed by atoms with Crippen molar-refractivity contribution in [2.75, 3.05) is 7.11 Å². The second kappa shape index (κ2) is 5.78. The highest BCUT2D eigenvalue weighted by atomic mass is 35.5. The first-order valence-electron chi connectivity index (χ1n) is 4.50. The quantitative estimate of drug-likeness (QED) is 0.512. The summed E-state index contributed by atoms with van der Waals surface area (Å²) in [4.78, 5) is 11.8. The average molecular weight is 256 g/mol. The molecule has 0 bridgehead atoms. The van der Waals surface area contributed by atoms with Crippen molar-refractivity contribution >= 4 is 30.2 Å². The Balaban J connectivity index is 3.14. The van der Waals surface area contributed by atoms with Gasteiger partial charge in [0.25, 0.3) is 0 Å². The molecule has 0 spiro atoms. The Bertz CT molecular complexity index is 454. The van der Waals surface area contributed by atoms with Crippen LogP contribution in [0, 0.1) is 11.3 Å². The summed E-state index contributed by atoms with van der Waals surface area (Å²) in [7, 11) is 1.31. The standard InChI is InChI=1S/C11H10ClNO2S/c1-15-11(14)4-7-3-10(16)8(5-12)2-9(7)6-13/h2-3,16H,4-5H2,1H3. The van der Waals surface area contributed by atoms with Crippen molar-refractivity contribution in [3.63, 3.8) is 0 Å². The summed E-state index contributed by atoms with van der Waals surface area (Å²) in [5.41, 5.74) is 1.81. The minimum Gasteiger partial charge on any atom is -0.469 e. The summed E-state index contributed by atoms with van der Waals surface area (Å²) in [6, 6.07) is 5.35. The largest absolute Gasteiger partial charge is 0.469 e. The van der Waals surface area contributed by atoms with Crippen LogP contribution in [0.1, 0.15) is 16.7 Å². The topological polar surface area (TPSA) is 50.1 Å². The highest BCUT2D eigenvalue weighted by molar-refractivity contribution is 7.80. The molecule has 0 radical (unpaired) electrons. The van der Waals surface area contributed by atoms with Gasteiger partial charge in [0.15, 0.2) is 0 Å². The Kier molecular flexibility index (Phi) is 4.66. The lowest BCUT2D eigenvalue weighted by Gasteiger charge is -2.07. The van der Waals surface area contributed by atoms with Gasteiger partial charge in [-0.2, -0.15) is 5.26 Å². The lowest BCUT2D eigenvalue weighted by molar-refractivity contribution is -0.139. The summed E-state index contributed by atoms with van der Waals surface area (Å²) in [5, 5.41) is 8.94. The number of hydrogen-bond acceptors (Lipinski definition) is 4. The molecule has 0 aliphatic heterocycles. The first-order chi connectivity index (χ1) is 7.62. The summed E-state index contributed by atoms with van der Waals surface area (Å²) in [6.45, 7) is 0. The number of carbonyl (C=O) groups excluding carboxylic acids is 1. The van der Waals surface area contributed by atoms with E-state index in [9.17, 15) is 4.79 Å². The van der Waals surface area contributed by atoms with Crippen LogP contribution in [0.5, 0.6) is 0 Å². The number of methoxy groups -OCH3 is 1. The van der Waals surface area contributed by atoms with Crippen LogP contribution in [0.3, 0.4) is 0 Å². The third-order valence-corrected chi connectivity index (χ3v) is 2.84. The third-order valence-electron chi connectivity index (χ3n) is 2.13. The molecular formula is C11H10ClNO2S. The van der Waals surface area contributed by atoms with E-state index in [4.69, 9.17) is 16.9 Å². The molecule has 0 aliphatic carbocycles. The molecule has 0 aliphatic rings. The smallest absolute Gasteiger partial charge is 0.310 e. The summed E-state index contributed by atoms with van der Waals surface area (Å²) >= 11 is 9.94. The maximum Gasteiger partial charge on any atom is 0.310 e. The predicted octanol–water partition coefficient (Wildman–Crippen LogP) is 2.30. The molecule has 1 rings (SSSR count). The van der Waals surface area contributed by atoms with E-state index in [1.165, 1.54) is 7.11 Å². The van der Waals surface area contributed by atoms with Gasteiger partial charge in [-0.1, -0.05) is 0 Å². The molecule has 16 heavy (non-hydrogen) atoms. The zero-order chi connectivity index (χ0) is 12.1. The maximum atomic E-state index is 11.1. The van der Waals surface area contributed by atoms with Crippen molar-refractivity contribution in [3.05, 3.63) is 28.8 Å². The van der Waals surface area contributed by atoms with E-state index < -0.39 is 0 Å². The summed E-state index contributed by atoms with van der Waals surface area (Å²) in [6.07, 6.45) is 0.0650. The van der Waals surface area contributed by atoms with E-state index in [2.05, 4.69) is 17.4 Å². The summed E-state index contributed by atoms with van der Waals surface area (Å²) < 4.78 is 4.55. The second-order valence-corrected chi connectivity index (χ2v) is 3.89. The molecular weight excluding hydrogens is 246 g/mol. The zero-order valence-corrected chi connectivity index (χ0v) is 10.3. The van der Waals surface area contributed by atoms with Crippen molar-refractivity contribution < 1.29 is 9.53 Å². The van der Waals surface area contributed by atoms with Gasteiger partial charge in [-0.15, -0.1) is 24.2 Å². The van der Waals surface area contributed by atoms with Gasteiger partial charge in [-0.25, -0.2) is 0 Å². The Morgan fingerprint density at radius 2 is 2.25 bits per heavy atom. The molecule has 5 heteroatoms. The van der Waals surface area contributed by atoms with Crippen molar-refractivity contribution in [1.29, 1.82) is 5.26 Å². The van der Waals surface area contributed by atoms with Crippen molar-refractivity contribution in [1.82, 2.24) is 0 Å². The average Bonchev–Trinajstić information content (AvgIpc) is 2.29. The fraction of sp³-hybridized carbons (Fsp3) is 0.273. The molecule has 0 saturated carbocycles. The van der Waals surface area contributed by atoms with Crippen LogP contribution in [0.2, 0.25) is 0 Å². The molecule has 0 amide bonds. The predicted molar refractivity (Wildman–Crippen MR) is 63.7 cm³/mol. The number of nitrogens with zero attached hydrogens (tertiary/aromatic N) is 1. The van der Waals surface area contributed by atoms with Gasteiger partial charge in [0.2, 0.25) is 0 Å².